The van der Waals surface area contributed by atoms with Crippen LogP contribution >= 0.6 is 0 Å². The molecule has 3 N–H and O–H groups in total. The van der Waals surface area contributed by atoms with Crippen LogP contribution in [-0.2, 0) is 19.1 Å². The molecule has 0 heterocycles. The number of rotatable bonds is 7. The number of hydrogen-bond donors (Lipinski definition) is 2. The second kappa shape index (κ2) is 6.96. The van der Waals surface area contributed by atoms with E-state index in [0.29, 0.717) is 24.4 Å². The van der Waals surface area contributed by atoms with Crippen LogP contribution in [0.4, 0.5) is 0 Å². The van der Waals surface area contributed by atoms with Crippen LogP contribution in [0.15, 0.2) is 0 Å². The second-order valence-electron chi connectivity index (χ2n) is 8.52. The van der Waals surface area contributed by atoms with Crippen molar-refractivity contribution in [2.45, 2.75) is 64.8 Å². The zero-order valence-electron chi connectivity index (χ0n) is 15.3. The molecule has 6 nitrogen and oxygen atoms in total. The van der Waals surface area contributed by atoms with E-state index in [9.17, 15) is 14.4 Å². The van der Waals surface area contributed by atoms with Crippen molar-refractivity contribution in [2.24, 2.45) is 34.8 Å². The average molecular weight is 350 g/mol. The first-order chi connectivity index (χ1) is 11.8. The van der Waals surface area contributed by atoms with Crippen molar-refractivity contribution in [3.05, 3.63) is 0 Å². The molecule has 4 rings (SSSR count). The smallest absolute Gasteiger partial charge is 0.308 e. The highest BCUT2D eigenvalue weighted by atomic mass is 16.5. The SMILES string of the molecule is CCOC(=O)[C@@H](C)C[C@@H](NC(=O)C12CC3CC(CC(C3)C1)C2)C(N)=O. The molecule has 0 aliphatic heterocycles. The fraction of sp³-hybridized carbons (Fsp3) is 0.842. The van der Waals surface area contributed by atoms with Gasteiger partial charge in [0, 0.05) is 5.41 Å². The Morgan fingerprint density at radius 2 is 1.64 bits per heavy atom. The third-order valence-electron chi connectivity index (χ3n) is 6.45. The average Bonchev–Trinajstić information content (AvgIpc) is 2.52. The summed E-state index contributed by atoms with van der Waals surface area (Å²) in [6.45, 7) is 3.74. The fourth-order valence-electron chi connectivity index (χ4n) is 5.68. The van der Waals surface area contributed by atoms with E-state index in [-0.39, 0.29) is 23.7 Å². The fourth-order valence-corrected chi connectivity index (χ4v) is 5.68. The highest BCUT2D eigenvalue weighted by molar-refractivity contribution is 5.90. The van der Waals surface area contributed by atoms with E-state index in [1.165, 1.54) is 19.3 Å². The molecule has 2 atom stereocenters. The first kappa shape index (κ1) is 18.2. The highest BCUT2D eigenvalue weighted by Gasteiger charge is 2.54. The van der Waals surface area contributed by atoms with E-state index >= 15 is 0 Å². The van der Waals surface area contributed by atoms with E-state index in [1.807, 2.05) is 0 Å². The van der Waals surface area contributed by atoms with Crippen molar-refractivity contribution in [1.82, 2.24) is 5.32 Å². The van der Waals surface area contributed by atoms with E-state index in [0.717, 1.165) is 19.3 Å². The first-order valence-electron chi connectivity index (χ1n) is 9.60. The Labute approximate surface area is 149 Å². The quantitative estimate of drug-likeness (QED) is 0.684. The number of hydrogen-bond acceptors (Lipinski definition) is 4. The number of ether oxygens (including phenoxy) is 1. The van der Waals surface area contributed by atoms with Gasteiger partial charge in [-0.05, 0) is 69.6 Å². The molecular formula is C19H30N2O4. The van der Waals surface area contributed by atoms with E-state index in [1.54, 1.807) is 13.8 Å². The third kappa shape index (κ3) is 3.67. The molecule has 4 saturated carbocycles. The summed E-state index contributed by atoms with van der Waals surface area (Å²) in [5.74, 6) is 0.500. The molecule has 0 radical (unpaired) electrons. The van der Waals surface area contributed by atoms with Crippen LogP contribution in [0.3, 0.4) is 0 Å². The summed E-state index contributed by atoms with van der Waals surface area (Å²) in [5.41, 5.74) is 5.17. The predicted molar refractivity (Wildman–Crippen MR) is 92.1 cm³/mol. The lowest BCUT2D eigenvalue weighted by atomic mass is 9.49. The first-order valence-corrected chi connectivity index (χ1v) is 9.60. The Kier molecular flexibility index (Phi) is 5.07. The summed E-state index contributed by atoms with van der Waals surface area (Å²) in [5, 5.41) is 2.88. The molecule has 140 valence electrons. The Morgan fingerprint density at radius 3 is 2.08 bits per heavy atom. The van der Waals surface area contributed by atoms with Gasteiger partial charge in [-0.3, -0.25) is 14.4 Å². The van der Waals surface area contributed by atoms with Gasteiger partial charge in [0.2, 0.25) is 11.8 Å². The number of nitrogens with one attached hydrogen (secondary N) is 1. The minimum Gasteiger partial charge on any atom is -0.466 e. The minimum absolute atomic E-state index is 0.0357. The van der Waals surface area contributed by atoms with Gasteiger partial charge >= 0.3 is 5.97 Å². The zero-order chi connectivity index (χ0) is 18.2. The van der Waals surface area contributed by atoms with Gasteiger partial charge in [0.15, 0.2) is 0 Å². The van der Waals surface area contributed by atoms with Crippen molar-refractivity contribution < 1.29 is 19.1 Å². The molecule has 25 heavy (non-hydrogen) atoms. The van der Waals surface area contributed by atoms with E-state index < -0.39 is 17.9 Å². The largest absolute Gasteiger partial charge is 0.466 e. The normalized spacial score (nSPS) is 35.0. The number of amides is 2. The number of carbonyl (C=O) groups is 3. The molecule has 0 unspecified atom stereocenters. The lowest BCUT2D eigenvalue weighted by Crippen LogP contribution is -2.57. The summed E-state index contributed by atoms with van der Waals surface area (Å²) in [7, 11) is 0. The lowest BCUT2D eigenvalue weighted by molar-refractivity contribution is -0.151. The third-order valence-corrected chi connectivity index (χ3v) is 6.45. The van der Waals surface area contributed by atoms with Gasteiger partial charge in [-0.15, -0.1) is 0 Å². The summed E-state index contributed by atoms with van der Waals surface area (Å²) in [4.78, 5) is 36.7. The Bertz CT molecular complexity index is 524. The molecule has 6 heteroatoms. The molecular weight excluding hydrogens is 320 g/mol. The van der Waals surface area contributed by atoms with Crippen molar-refractivity contribution in [3.63, 3.8) is 0 Å². The topological polar surface area (TPSA) is 98.5 Å². The van der Waals surface area contributed by atoms with Crippen LogP contribution in [-0.4, -0.2) is 30.4 Å². The van der Waals surface area contributed by atoms with Crippen LogP contribution in [0.2, 0.25) is 0 Å². The number of nitrogens with two attached hydrogens (primary N) is 1. The van der Waals surface area contributed by atoms with Crippen LogP contribution in [0.5, 0.6) is 0 Å². The molecule has 0 spiro atoms. The van der Waals surface area contributed by atoms with Gasteiger partial charge in [0.05, 0.1) is 12.5 Å². The molecule has 4 aliphatic rings. The maximum Gasteiger partial charge on any atom is 0.308 e. The van der Waals surface area contributed by atoms with Gasteiger partial charge in [0.25, 0.3) is 0 Å². The molecule has 4 bridgehead atoms. The maximum absolute atomic E-state index is 13.1. The summed E-state index contributed by atoms with van der Waals surface area (Å²) >= 11 is 0. The second-order valence-corrected chi connectivity index (χ2v) is 8.52. The Hall–Kier alpha value is -1.59. The molecule has 2 amide bonds. The monoisotopic (exact) mass is 350 g/mol. The molecule has 4 aliphatic carbocycles. The van der Waals surface area contributed by atoms with Crippen LogP contribution < -0.4 is 11.1 Å². The van der Waals surface area contributed by atoms with E-state index in [2.05, 4.69) is 5.32 Å². The lowest BCUT2D eigenvalue weighted by Gasteiger charge is -2.55. The maximum atomic E-state index is 13.1. The van der Waals surface area contributed by atoms with Crippen LogP contribution in [0.25, 0.3) is 0 Å². The van der Waals surface area contributed by atoms with Crippen LogP contribution in [0, 0.1) is 29.1 Å². The van der Waals surface area contributed by atoms with Crippen molar-refractivity contribution in [3.8, 4) is 0 Å². The number of carbonyl (C=O) groups excluding carboxylic acids is 3. The molecule has 0 aromatic heterocycles. The summed E-state index contributed by atoms with van der Waals surface area (Å²) in [6, 6.07) is -0.820. The van der Waals surface area contributed by atoms with Crippen molar-refractivity contribution >= 4 is 17.8 Å². The van der Waals surface area contributed by atoms with Gasteiger partial charge in [0.1, 0.15) is 6.04 Å². The van der Waals surface area contributed by atoms with Gasteiger partial charge in [-0.25, -0.2) is 0 Å². The van der Waals surface area contributed by atoms with Gasteiger partial charge in [-0.2, -0.15) is 0 Å². The number of primary amides is 1. The predicted octanol–water partition coefficient (Wildman–Crippen LogP) is 1.76. The van der Waals surface area contributed by atoms with Gasteiger partial charge in [-0.1, -0.05) is 6.92 Å². The molecule has 0 aromatic carbocycles. The van der Waals surface area contributed by atoms with Crippen molar-refractivity contribution in [1.29, 1.82) is 0 Å². The van der Waals surface area contributed by atoms with Crippen molar-refractivity contribution in [2.75, 3.05) is 6.61 Å². The Balaban J connectivity index is 1.65. The summed E-state index contributed by atoms with van der Waals surface area (Å²) < 4.78 is 4.99. The molecule has 4 fully saturated rings. The van der Waals surface area contributed by atoms with Crippen LogP contribution in [0.1, 0.15) is 58.8 Å². The Morgan fingerprint density at radius 1 is 1.12 bits per heavy atom. The van der Waals surface area contributed by atoms with E-state index in [4.69, 9.17) is 10.5 Å². The molecule has 0 aromatic rings. The number of esters is 1. The van der Waals surface area contributed by atoms with Gasteiger partial charge < -0.3 is 15.8 Å². The highest BCUT2D eigenvalue weighted by Crippen LogP contribution is 2.60. The zero-order valence-corrected chi connectivity index (χ0v) is 15.3. The minimum atomic E-state index is -0.820. The summed E-state index contributed by atoms with van der Waals surface area (Å²) in [6.07, 6.45) is 6.76. The molecule has 0 saturated heterocycles. The standard InChI is InChI=1S/C19H30N2O4/c1-3-25-17(23)11(2)4-15(16(20)22)21-18(24)19-8-12-5-13(9-19)7-14(6-12)10-19/h11-15H,3-10H2,1-2H3,(H2,20,22)(H,21,24)/t11-,12?,13?,14?,15+,19?/m0/s1.